The maximum absolute atomic E-state index is 5.98. The first-order chi connectivity index (χ1) is 10.2. The van der Waals surface area contributed by atoms with Crippen LogP contribution in [0.15, 0.2) is 46.9 Å². The Hall–Kier alpha value is -1.52. The van der Waals surface area contributed by atoms with Crippen LogP contribution in [0.3, 0.4) is 0 Å². The predicted octanol–water partition coefficient (Wildman–Crippen LogP) is 4.15. The quantitative estimate of drug-likeness (QED) is 0.814. The highest BCUT2D eigenvalue weighted by Gasteiger charge is 2.06. The molecule has 0 saturated heterocycles. The lowest BCUT2D eigenvalue weighted by Crippen LogP contribution is -2.13. The van der Waals surface area contributed by atoms with Crippen molar-refractivity contribution in [2.75, 3.05) is 13.7 Å². The van der Waals surface area contributed by atoms with E-state index in [4.69, 9.17) is 9.47 Å². The minimum Gasteiger partial charge on any atom is -0.497 e. The Bertz CT molecular complexity index is 587. The molecule has 2 rings (SSSR count). The van der Waals surface area contributed by atoms with E-state index in [-0.39, 0.29) is 0 Å². The summed E-state index contributed by atoms with van der Waals surface area (Å²) < 4.78 is 12.3. The van der Waals surface area contributed by atoms with Crippen LogP contribution >= 0.6 is 15.9 Å². The highest BCUT2D eigenvalue weighted by atomic mass is 79.9. The molecule has 3 nitrogen and oxygen atoms in total. The van der Waals surface area contributed by atoms with Crippen molar-refractivity contribution >= 4 is 15.9 Å². The van der Waals surface area contributed by atoms with Gasteiger partial charge in [-0.2, -0.15) is 0 Å². The molecular weight excluding hydrogens is 330 g/mol. The number of rotatable bonds is 7. The first-order valence-electron chi connectivity index (χ1n) is 6.97. The second-order valence-electron chi connectivity index (χ2n) is 4.67. The van der Waals surface area contributed by atoms with Gasteiger partial charge >= 0.3 is 0 Å². The van der Waals surface area contributed by atoms with Crippen LogP contribution in [-0.4, -0.2) is 13.7 Å². The molecule has 0 atom stereocenters. The summed E-state index contributed by atoms with van der Waals surface area (Å²) >= 11 is 3.47. The highest BCUT2D eigenvalue weighted by Crippen LogP contribution is 2.26. The van der Waals surface area contributed by atoms with E-state index >= 15 is 0 Å². The number of nitrogens with one attached hydrogen (secondary N) is 1. The summed E-state index contributed by atoms with van der Waals surface area (Å²) in [5.41, 5.74) is 2.26. The Labute approximate surface area is 134 Å². The summed E-state index contributed by atoms with van der Waals surface area (Å²) in [7, 11) is 1.66. The van der Waals surface area contributed by atoms with Gasteiger partial charge in [-0.25, -0.2) is 0 Å². The standard InChI is InChI=1S/C17H20BrNO2/c1-3-19-11-14-7-8-16(20-2)10-17(14)21-12-13-5-4-6-15(18)9-13/h4-10,19H,3,11-12H2,1-2H3. The molecule has 0 radical (unpaired) electrons. The monoisotopic (exact) mass is 349 g/mol. The molecule has 0 bridgehead atoms. The number of hydrogen-bond acceptors (Lipinski definition) is 3. The van der Waals surface area contributed by atoms with E-state index in [9.17, 15) is 0 Å². The van der Waals surface area contributed by atoms with E-state index in [1.165, 1.54) is 0 Å². The molecule has 0 amide bonds. The molecule has 2 aromatic rings. The van der Waals surface area contributed by atoms with E-state index in [0.717, 1.165) is 40.2 Å². The van der Waals surface area contributed by atoms with Crippen molar-refractivity contribution in [2.24, 2.45) is 0 Å². The van der Waals surface area contributed by atoms with Crippen LogP contribution in [0, 0.1) is 0 Å². The van der Waals surface area contributed by atoms with Crippen LogP contribution in [-0.2, 0) is 13.2 Å². The van der Waals surface area contributed by atoms with Gasteiger partial charge in [-0.1, -0.05) is 41.1 Å². The van der Waals surface area contributed by atoms with Crippen molar-refractivity contribution in [3.8, 4) is 11.5 Å². The fourth-order valence-electron chi connectivity index (χ4n) is 1.99. The van der Waals surface area contributed by atoms with E-state index in [0.29, 0.717) is 6.61 Å². The fraction of sp³-hybridized carbons (Fsp3) is 0.294. The van der Waals surface area contributed by atoms with Gasteiger partial charge in [0.2, 0.25) is 0 Å². The molecule has 0 spiro atoms. The molecule has 0 aliphatic rings. The SMILES string of the molecule is CCNCc1ccc(OC)cc1OCc1cccc(Br)c1. The molecule has 21 heavy (non-hydrogen) atoms. The molecule has 0 aromatic heterocycles. The summed E-state index contributed by atoms with van der Waals surface area (Å²) in [5.74, 6) is 1.66. The Balaban J connectivity index is 2.12. The summed E-state index contributed by atoms with van der Waals surface area (Å²) in [6.45, 7) is 4.34. The number of benzene rings is 2. The molecule has 4 heteroatoms. The zero-order chi connectivity index (χ0) is 15.1. The van der Waals surface area contributed by atoms with Crippen LogP contribution < -0.4 is 14.8 Å². The lowest BCUT2D eigenvalue weighted by Gasteiger charge is -2.13. The van der Waals surface area contributed by atoms with Gasteiger partial charge in [0.25, 0.3) is 0 Å². The van der Waals surface area contributed by atoms with Gasteiger partial charge in [-0.05, 0) is 30.3 Å². The first-order valence-corrected chi connectivity index (χ1v) is 7.77. The molecule has 112 valence electrons. The second kappa shape index (κ2) is 8.05. The molecule has 0 saturated carbocycles. The number of halogens is 1. The third kappa shape index (κ3) is 4.76. The molecule has 0 aliphatic carbocycles. The fourth-order valence-corrected chi connectivity index (χ4v) is 2.44. The third-order valence-electron chi connectivity index (χ3n) is 3.12. The minimum absolute atomic E-state index is 0.533. The van der Waals surface area contributed by atoms with Crippen LogP contribution in [0.2, 0.25) is 0 Å². The number of hydrogen-bond donors (Lipinski definition) is 1. The highest BCUT2D eigenvalue weighted by molar-refractivity contribution is 9.10. The van der Waals surface area contributed by atoms with Crippen LogP contribution in [0.5, 0.6) is 11.5 Å². The maximum atomic E-state index is 5.98. The minimum atomic E-state index is 0.533. The smallest absolute Gasteiger partial charge is 0.127 e. The Morgan fingerprint density at radius 3 is 2.71 bits per heavy atom. The average molecular weight is 350 g/mol. The van der Waals surface area contributed by atoms with Crippen LogP contribution in [0.25, 0.3) is 0 Å². The van der Waals surface area contributed by atoms with Crippen molar-refractivity contribution in [2.45, 2.75) is 20.1 Å². The van der Waals surface area contributed by atoms with Gasteiger partial charge in [0.15, 0.2) is 0 Å². The van der Waals surface area contributed by atoms with E-state index < -0.39 is 0 Å². The van der Waals surface area contributed by atoms with Gasteiger partial charge in [-0.15, -0.1) is 0 Å². The van der Waals surface area contributed by atoms with Crippen molar-refractivity contribution in [1.29, 1.82) is 0 Å². The molecule has 0 heterocycles. The lowest BCUT2D eigenvalue weighted by atomic mass is 10.2. The van der Waals surface area contributed by atoms with Crippen LogP contribution in [0.1, 0.15) is 18.1 Å². The largest absolute Gasteiger partial charge is 0.497 e. The molecule has 0 unspecified atom stereocenters. The van der Waals surface area contributed by atoms with Gasteiger partial charge < -0.3 is 14.8 Å². The van der Waals surface area contributed by atoms with Gasteiger partial charge in [0.05, 0.1) is 7.11 Å². The molecule has 0 fully saturated rings. The first kappa shape index (κ1) is 15.9. The average Bonchev–Trinajstić information content (AvgIpc) is 2.51. The summed E-state index contributed by atoms with van der Waals surface area (Å²) in [6, 6.07) is 14.1. The zero-order valence-electron chi connectivity index (χ0n) is 12.4. The van der Waals surface area contributed by atoms with Crippen molar-refractivity contribution in [3.05, 3.63) is 58.1 Å². The third-order valence-corrected chi connectivity index (χ3v) is 3.62. The number of ether oxygens (including phenoxy) is 2. The normalized spacial score (nSPS) is 10.4. The lowest BCUT2D eigenvalue weighted by molar-refractivity contribution is 0.299. The van der Waals surface area contributed by atoms with E-state index in [1.54, 1.807) is 7.11 Å². The van der Waals surface area contributed by atoms with E-state index in [1.807, 2.05) is 30.3 Å². The summed E-state index contributed by atoms with van der Waals surface area (Å²) in [4.78, 5) is 0. The van der Waals surface area contributed by atoms with E-state index in [2.05, 4.69) is 40.3 Å². The number of methoxy groups -OCH3 is 1. The van der Waals surface area contributed by atoms with Crippen molar-refractivity contribution in [3.63, 3.8) is 0 Å². The molecule has 0 aliphatic heterocycles. The zero-order valence-corrected chi connectivity index (χ0v) is 13.9. The van der Waals surface area contributed by atoms with Gasteiger partial charge in [-0.3, -0.25) is 0 Å². The summed E-state index contributed by atoms with van der Waals surface area (Å²) in [5, 5.41) is 3.32. The topological polar surface area (TPSA) is 30.5 Å². The molecular formula is C17H20BrNO2. The summed E-state index contributed by atoms with van der Waals surface area (Å²) in [6.07, 6.45) is 0. The maximum Gasteiger partial charge on any atom is 0.127 e. The van der Waals surface area contributed by atoms with Crippen LogP contribution in [0.4, 0.5) is 0 Å². The molecule has 1 N–H and O–H groups in total. The Kier molecular flexibility index (Phi) is 6.08. The predicted molar refractivity (Wildman–Crippen MR) is 88.8 cm³/mol. The second-order valence-corrected chi connectivity index (χ2v) is 5.59. The van der Waals surface area contributed by atoms with Crippen molar-refractivity contribution in [1.82, 2.24) is 5.32 Å². The van der Waals surface area contributed by atoms with Gasteiger partial charge in [0.1, 0.15) is 18.1 Å². The Morgan fingerprint density at radius 2 is 2.00 bits per heavy atom. The Morgan fingerprint density at radius 1 is 1.14 bits per heavy atom. The van der Waals surface area contributed by atoms with Gasteiger partial charge in [0, 0.05) is 22.6 Å². The molecule has 2 aromatic carbocycles. The van der Waals surface area contributed by atoms with Crippen molar-refractivity contribution < 1.29 is 9.47 Å².